The predicted octanol–water partition coefficient (Wildman–Crippen LogP) is 3.71. The Bertz CT molecular complexity index is 939. The maximum absolute atomic E-state index is 13.3. The first kappa shape index (κ1) is 13.7. The van der Waals surface area contributed by atoms with E-state index in [0.717, 1.165) is 19.2 Å². The molecule has 0 saturated heterocycles. The van der Waals surface area contributed by atoms with Gasteiger partial charge in [-0.1, -0.05) is 11.6 Å². The highest BCUT2D eigenvalue weighted by molar-refractivity contribution is 5.79. The van der Waals surface area contributed by atoms with E-state index >= 15 is 0 Å². The third-order valence-electron chi connectivity index (χ3n) is 3.74. The van der Waals surface area contributed by atoms with Crippen LogP contribution in [0.3, 0.4) is 0 Å². The number of pyridine rings is 1. The van der Waals surface area contributed by atoms with E-state index in [-0.39, 0.29) is 23.1 Å². The summed E-state index contributed by atoms with van der Waals surface area (Å²) in [5.74, 6) is 0.636. The minimum atomic E-state index is -2.72. The summed E-state index contributed by atoms with van der Waals surface area (Å²) in [5.41, 5.74) is 0.975. The molecule has 3 heterocycles. The van der Waals surface area contributed by atoms with Crippen LogP contribution < -0.4 is 0 Å². The van der Waals surface area contributed by atoms with Crippen LogP contribution in [0.4, 0.5) is 14.6 Å². The lowest BCUT2D eigenvalue weighted by Crippen LogP contribution is -2.03. The highest BCUT2D eigenvalue weighted by Gasteiger charge is 2.32. The first-order valence-corrected chi connectivity index (χ1v) is 7.04. The highest BCUT2D eigenvalue weighted by Crippen LogP contribution is 2.42. The molecule has 1 saturated carbocycles. The number of hydrogen-bond donors (Lipinski definition) is 0. The molecule has 114 valence electrons. The van der Waals surface area contributed by atoms with E-state index in [1.165, 1.54) is 6.20 Å². The van der Waals surface area contributed by atoms with Gasteiger partial charge in [0.1, 0.15) is 23.4 Å². The number of nitrogens with zero attached hydrogens (tertiary/aromatic N) is 6. The number of aromatic nitrogens is 5. The second-order valence-electron chi connectivity index (χ2n) is 5.28. The Morgan fingerprint density at radius 2 is 2.09 bits per heavy atom. The van der Waals surface area contributed by atoms with E-state index in [4.69, 9.17) is 6.57 Å². The molecule has 0 unspecified atom stereocenters. The third-order valence-corrected chi connectivity index (χ3v) is 3.74. The summed E-state index contributed by atoms with van der Waals surface area (Å²) in [7, 11) is 0. The van der Waals surface area contributed by atoms with E-state index in [0.29, 0.717) is 17.0 Å². The fourth-order valence-corrected chi connectivity index (χ4v) is 2.58. The molecule has 3 aromatic heterocycles. The van der Waals surface area contributed by atoms with Crippen molar-refractivity contribution < 1.29 is 8.78 Å². The number of alkyl halides is 2. The molecule has 1 aliphatic carbocycles. The minimum Gasteiger partial charge on any atom is -0.361 e. The molecule has 6 nitrogen and oxygen atoms in total. The average Bonchev–Trinajstić information content (AvgIpc) is 3.34. The second kappa shape index (κ2) is 5.05. The zero-order valence-corrected chi connectivity index (χ0v) is 11.8. The van der Waals surface area contributed by atoms with Crippen molar-refractivity contribution in [1.82, 2.24) is 24.5 Å². The van der Waals surface area contributed by atoms with Crippen molar-refractivity contribution in [3.05, 3.63) is 41.8 Å². The summed E-state index contributed by atoms with van der Waals surface area (Å²) < 4.78 is 28.3. The number of hydrogen-bond acceptors (Lipinski definition) is 4. The summed E-state index contributed by atoms with van der Waals surface area (Å²) in [4.78, 5) is 19.6. The largest absolute Gasteiger partial charge is 0.361 e. The van der Waals surface area contributed by atoms with E-state index < -0.39 is 6.43 Å². The molecule has 0 N–H and O–H groups in total. The fraction of sp³-hybridized carbons (Fsp3) is 0.267. The minimum absolute atomic E-state index is 0.161. The van der Waals surface area contributed by atoms with Gasteiger partial charge >= 0.3 is 0 Å². The molecule has 0 bridgehead atoms. The van der Waals surface area contributed by atoms with Gasteiger partial charge in [-0.25, -0.2) is 23.7 Å². The van der Waals surface area contributed by atoms with Gasteiger partial charge in [0, 0.05) is 12.2 Å². The van der Waals surface area contributed by atoms with Crippen molar-refractivity contribution in [1.29, 1.82) is 0 Å². The summed E-state index contributed by atoms with van der Waals surface area (Å²) in [6.07, 6.45) is 1.60. The van der Waals surface area contributed by atoms with Crippen LogP contribution in [0.15, 0.2) is 24.7 Å². The fourth-order valence-electron chi connectivity index (χ4n) is 2.58. The summed E-state index contributed by atoms with van der Waals surface area (Å²) >= 11 is 0. The molecular formula is C15H10F2N6. The van der Waals surface area contributed by atoms with Crippen LogP contribution in [0.1, 0.15) is 31.0 Å². The van der Waals surface area contributed by atoms with Gasteiger partial charge in [-0.3, -0.25) is 4.57 Å². The Hall–Kier alpha value is -2.95. The molecule has 0 atom stereocenters. The molecule has 0 amide bonds. The van der Waals surface area contributed by atoms with Gasteiger partial charge in [0.05, 0.1) is 5.56 Å². The van der Waals surface area contributed by atoms with Gasteiger partial charge in [-0.2, -0.15) is 0 Å². The van der Waals surface area contributed by atoms with Gasteiger partial charge in [0.15, 0.2) is 0 Å². The second-order valence-corrected chi connectivity index (χ2v) is 5.28. The molecule has 0 radical (unpaired) electrons. The number of halogens is 2. The molecule has 3 aromatic rings. The monoisotopic (exact) mass is 312 g/mol. The lowest BCUT2D eigenvalue weighted by Gasteiger charge is -2.08. The Morgan fingerprint density at radius 1 is 1.26 bits per heavy atom. The first-order chi connectivity index (χ1) is 11.2. The third kappa shape index (κ3) is 2.21. The molecule has 0 aromatic carbocycles. The number of rotatable bonds is 3. The highest BCUT2D eigenvalue weighted by atomic mass is 19.3. The van der Waals surface area contributed by atoms with Crippen molar-refractivity contribution in [3.63, 3.8) is 0 Å². The van der Waals surface area contributed by atoms with Gasteiger partial charge in [-0.15, -0.1) is 0 Å². The van der Waals surface area contributed by atoms with Gasteiger partial charge < -0.3 is 4.85 Å². The maximum Gasteiger partial charge on any atom is 0.281 e. The normalized spacial score (nSPS) is 14.3. The summed E-state index contributed by atoms with van der Waals surface area (Å²) in [6.45, 7) is 7.09. The van der Waals surface area contributed by atoms with Gasteiger partial charge in [0.2, 0.25) is 0 Å². The van der Waals surface area contributed by atoms with Crippen molar-refractivity contribution in [2.75, 3.05) is 0 Å². The van der Waals surface area contributed by atoms with Gasteiger partial charge in [0.25, 0.3) is 17.9 Å². The first-order valence-electron chi connectivity index (χ1n) is 7.04. The van der Waals surface area contributed by atoms with Crippen LogP contribution in [-0.2, 0) is 0 Å². The van der Waals surface area contributed by atoms with Gasteiger partial charge in [-0.05, 0) is 25.0 Å². The smallest absolute Gasteiger partial charge is 0.281 e. The van der Waals surface area contributed by atoms with E-state index in [1.54, 1.807) is 12.1 Å². The van der Waals surface area contributed by atoms with E-state index in [1.807, 2.05) is 4.57 Å². The summed E-state index contributed by atoms with van der Waals surface area (Å²) in [5, 5.41) is 0. The molecular weight excluding hydrogens is 302 g/mol. The topological polar surface area (TPSA) is 60.9 Å². The average molecular weight is 312 g/mol. The predicted molar refractivity (Wildman–Crippen MR) is 78.0 cm³/mol. The summed E-state index contributed by atoms with van der Waals surface area (Å²) in [6, 6.07) is 3.41. The van der Waals surface area contributed by atoms with Crippen molar-refractivity contribution in [2.24, 2.45) is 0 Å². The Labute approximate surface area is 129 Å². The zero-order chi connectivity index (χ0) is 16.0. The Balaban J connectivity index is 2.01. The zero-order valence-electron chi connectivity index (χ0n) is 11.8. The van der Waals surface area contributed by atoms with E-state index in [2.05, 4.69) is 24.8 Å². The molecule has 1 aliphatic rings. The van der Waals surface area contributed by atoms with Crippen LogP contribution in [-0.4, -0.2) is 24.5 Å². The van der Waals surface area contributed by atoms with Crippen molar-refractivity contribution in [2.45, 2.75) is 25.3 Å². The van der Waals surface area contributed by atoms with Crippen LogP contribution in [0, 0.1) is 6.57 Å². The molecule has 8 heteroatoms. The molecule has 4 rings (SSSR count). The standard InChI is InChI=1S/C15H10F2N6/c1-18-11-5-4-10-15(22-11)23(8-2-3-8)14(21-10)9-6-19-7-20-12(9)13(16)17/h4-8,13H,2-3H2. The van der Waals surface area contributed by atoms with E-state index in [9.17, 15) is 8.78 Å². The van der Waals surface area contributed by atoms with Crippen LogP contribution >= 0.6 is 0 Å². The SMILES string of the molecule is [C-]#[N+]c1ccc2nc(-c3cncnc3C(F)F)n(C3CC3)c2n1. The van der Waals surface area contributed by atoms with Crippen LogP contribution in [0.2, 0.25) is 0 Å². The molecule has 1 fully saturated rings. The molecule has 23 heavy (non-hydrogen) atoms. The lowest BCUT2D eigenvalue weighted by atomic mass is 10.2. The van der Waals surface area contributed by atoms with Crippen molar-refractivity contribution >= 4 is 17.0 Å². The number of fused-ring (bicyclic) bond motifs is 1. The molecule has 0 aliphatic heterocycles. The Kier molecular flexibility index (Phi) is 3.01. The van der Waals surface area contributed by atoms with Crippen molar-refractivity contribution in [3.8, 4) is 11.4 Å². The maximum atomic E-state index is 13.3. The molecule has 0 spiro atoms. The number of imidazole rings is 1. The Morgan fingerprint density at radius 3 is 2.78 bits per heavy atom. The van der Waals surface area contributed by atoms with Crippen LogP contribution in [0.25, 0.3) is 27.4 Å². The quantitative estimate of drug-likeness (QED) is 0.692. The lowest BCUT2D eigenvalue weighted by molar-refractivity contribution is 0.146. The van der Waals surface area contributed by atoms with Crippen LogP contribution in [0.5, 0.6) is 0 Å².